The van der Waals surface area contributed by atoms with Gasteiger partial charge in [0.05, 0.1) is 24.9 Å². The van der Waals surface area contributed by atoms with Crippen molar-refractivity contribution in [3.63, 3.8) is 0 Å². The van der Waals surface area contributed by atoms with E-state index >= 15 is 0 Å². The van der Waals surface area contributed by atoms with Crippen LogP contribution in [0.25, 0.3) is 0 Å². The van der Waals surface area contributed by atoms with Crippen LogP contribution in [0.2, 0.25) is 0 Å². The fourth-order valence-electron chi connectivity index (χ4n) is 4.56. The number of benzene rings is 1. The number of ether oxygens (including phenoxy) is 1. The second kappa shape index (κ2) is 8.40. The van der Waals surface area contributed by atoms with E-state index in [1.165, 1.54) is 18.2 Å². The van der Waals surface area contributed by atoms with E-state index in [1.54, 1.807) is 10.8 Å². The SMILES string of the molecule is CCCn1cc(N)c(NC(=O)Cc2ccc3c(c2)C(C)(C)CCC3(C)C)c1C(=O)OC. The first-order valence-electron chi connectivity index (χ1n) is 11.0. The summed E-state index contributed by atoms with van der Waals surface area (Å²) in [7, 11) is 1.32. The molecule has 0 fully saturated rings. The second-order valence-corrected chi connectivity index (χ2v) is 9.87. The standard InChI is InChI=1S/C25H35N3O3/c1-7-12-28-15-19(26)21(22(28)23(30)31-6)27-20(29)14-16-8-9-17-18(13-16)25(4,5)11-10-24(17,2)3/h8-9,13,15H,7,10-12,14,26H2,1-6H3,(H,27,29). The van der Waals surface area contributed by atoms with E-state index in [0.717, 1.165) is 24.8 Å². The molecule has 31 heavy (non-hydrogen) atoms. The Morgan fingerprint density at radius 3 is 2.39 bits per heavy atom. The van der Waals surface area contributed by atoms with Crippen LogP contribution in [-0.4, -0.2) is 23.6 Å². The topological polar surface area (TPSA) is 86.4 Å². The zero-order valence-electron chi connectivity index (χ0n) is 19.6. The average molecular weight is 426 g/mol. The van der Waals surface area contributed by atoms with Gasteiger partial charge in [-0.3, -0.25) is 4.79 Å². The van der Waals surface area contributed by atoms with Crippen molar-refractivity contribution in [2.24, 2.45) is 0 Å². The number of nitrogens with two attached hydrogens (primary N) is 1. The third-order valence-electron chi connectivity index (χ3n) is 6.50. The molecule has 2 aromatic rings. The van der Waals surface area contributed by atoms with Crippen molar-refractivity contribution >= 4 is 23.3 Å². The predicted molar refractivity (Wildman–Crippen MR) is 125 cm³/mol. The fourth-order valence-corrected chi connectivity index (χ4v) is 4.56. The van der Waals surface area contributed by atoms with Crippen molar-refractivity contribution in [3.05, 3.63) is 46.8 Å². The Morgan fingerprint density at radius 2 is 1.77 bits per heavy atom. The van der Waals surface area contributed by atoms with Gasteiger partial charge in [-0.15, -0.1) is 0 Å². The number of fused-ring (bicyclic) bond motifs is 1. The van der Waals surface area contributed by atoms with Gasteiger partial charge in [0.1, 0.15) is 0 Å². The number of nitrogens with zero attached hydrogens (tertiary/aromatic N) is 1. The van der Waals surface area contributed by atoms with Crippen LogP contribution in [0.4, 0.5) is 11.4 Å². The number of carbonyl (C=O) groups excluding carboxylic acids is 2. The normalized spacial score (nSPS) is 16.5. The zero-order chi connectivity index (χ0) is 23.0. The number of rotatable bonds is 6. The third kappa shape index (κ3) is 4.48. The summed E-state index contributed by atoms with van der Waals surface area (Å²) in [4.78, 5) is 25.2. The monoisotopic (exact) mass is 425 g/mol. The number of nitrogens with one attached hydrogen (secondary N) is 1. The van der Waals surface area contributed by atoms with Crippen molar-refractivity contribution in [2.45, 2.75) is 77.7 Å². The van der Waals surface area contributed by atoms with Crippen LogP contribution >= 0.6 is 0 Å². The lowest BCUT2D eigenvalue weighted by Gasteiger charge is -2.42. The van der Waals surface area contributed by atoms with Gasteiger partial charge in [0, 0.05) is 12.7 Å². The largest absolute Gasteiger partial charge is 0.464 e. The molecule has 1 aliphatic carbocycles. The predicted octanol–water partition coefficient (Wildman–Crippen LogP) is 4.80. The summed E-state index contributed by atoms with van der Waals surface area (Å²) >= 11 is 0. The fraction of sp³-hybridized carbons (Fsp3) is 0.520. The van der Waals surface area contributed by atoms with Gasteiger partial charge < -0.3 is 20.4 Å². The smallest absolute Gasteiger partial charge is 0.356 e. The number of hydrogen-bond acceptors (Lipinski definition) is 4. The van der Waals surface area contributed by atoms with Gasteiger partial charge >= 0.3 is 5.97 Å². The van der Waals surface area contributed by atoms with Crippen molar-refractivity contribution < 1.29 is 14.3 Å². The maximum Gasteiger partial charge on any atom is 0.356 e. The summed E-state index contributed by atoms with van der Waals surface area (Å²) in [6, 6.07) is 6.38. The summed E-state index contributed by atoms with van der Waals surface area (Å²) in [6.07, 6.45) is 4.98. The maximum atomic E-state index is 12.9. The highest BCUT2D eigenvalue weighted by molar-refractivity contribution is 6.04. The molecular weight excluding hydrogens is 390 g/mol. The van der Waals surface area contributed by atoms with E-state index in [1.807, 2.05) is 13.0 Å². The lowest BCUT2D eigenvalue weighted by atomic mass is 9.63. The van der Waals surface area contributed by atoms with E-state index in [0.29, 0.717) is 17.9 Å². The summed E-state index contributed by atoms with van der Waals surface area (Å²) in [5.74, 6) is -0.725. The highest BCUT2D eigenvalue weighted by Gasteiger charge is 2.37. The minimum atomic E-state index is -0.516. The molecule has 1 heterocycles. The van der Waals surface area contributed by atoms with Crippen LogP contribution in [0.1, 0.15) is 81.1 Å². The van der Waals surface area contributed by atoms with Gasteiger partial charge in [-0.05, 0) is 46.8 Å². The molecule has 0 radical (unpaired) electrons. The second-order valence-electron chi connectivity index (χ2n) is 9.87. The first-order chi connectivity index (χ1) is 14.5. The number of hydrogen-bond donors (Lipinski definition) is 2. The highest BCUT2D eigenvalue weighted by atomic mass is 16.5. The van der Waals surface area contributed by atoms with E-state index in [-0.39, 0.29) is 28.9 Å². The minimum absolute atomic E-state index is 0.0805. The van der Waals surface area contributed by atoms with Gasteiger partial charge in [-0.2, -0.15) is 0 Å². The number of amides is 1. The van der Waals surface area contributed by atoms with Gasteiger partial charge in [0.25, 0.3) is 0 Å². The Labute approximate surface area is 185 Å². The van der Waals surface area contributed by atoms with Crippen LogP contribution in [0.5, 0.6) is 0 Å². The molecule has 0 spiro atoms. The molecule has 1 aliphatic rings. The lowest BCUT2D eigenvalue weighted by Crippen LogP contribution is -2.34. The summed E-state index contributed by atoms with van der Waals surface area (Å²) in [5.41, 5.74) is 10.9. The zero-order valence-corrected chi connectivity index (χ0v) is 19.6. The van der Waals surface area contributed by atoms with Crippen molar-refractivity contribution in [1.29, 1.82) is 0 Å². The molecule has 0 saturated heterocycles. The molecule has 0 bridgehead atoms. The number of methoxy groups -OCH3 is 1. The van der Waals surface area contributed by atoms with Crippen LogP contribution in [0, 0.1) is 0 Å². The quantitative estimate of drug-likeness (QED) is 0.651. The number of aromatic nitrogens is 1. The van der Waals surface area contributed by atoms with Gasteiger partial charge in [0.15, 0.2) is 5.69 Å². The van der Waals surface area contributed by atoms with Crippen molar-refractivity contribution in [3.8, 4) is 0 Å². The van der Waals surface area contributed by atoms with E-state index < -0.39 is 5.97 Å². The maximum absolute atomic E-state index is 12.9. The Kier molecular flexibility index (Phi) is 6.21. The first kappa shape index (κ1) is 22.9. The number of anilines is 2. The van der Waals surface area contributed by atoms with Crippen LogP contribution < -0.4 is 11.1 Å². The molecule has 1 aromatic carbocycles. The van der Waals surface area contributed by atoms with E-state index in [9.17, 15) is 9.59 Å². The molecule has 0 atom stereocenters. The van der Waals surface area contributed by atoms with E-state index in [4.69, 9.17) is 10.5 Å². The van der Waals surface area contributed by atoms with Crippen molar-refractivity contribution in [1.82, 2.24) is 4.57 Å². The van der Waals surface area contributed by atoms with Gasteiger partial charge in [-0.25, -0.2) is 4.79 Å². The minimum Gasteiger partial charge on any atom is -0.464 e. The average Bonchev–Trinajstić information content (AvgIpc) is 3.00. The molecule has 0 aliphatic heterocycles. The summed E-state index contributed by atoms with van der Waals surface area (Å²) < 4.78 is 6.65. The molecule has 0 saturated carbocycles. The summed E-state index contributed by atoms with van der Waals surface area (Å²) in [6.45, 7) is 11.7. The molecule has 0 unspecified atom stereocenters. The molecule has 6 nitrogen and oxygen atoms in total. The molecule has 3 N–H and O–H groups in total. The number of nitrogen functional groups attached to an aromatic ring is 1. The van der Waals surface area contributed by atoms with Crippen LogP contribution in [0.15, 0.2) is 24.4 Å². The van der Waals surface area contributed by atoms with Gasteiger partial charge in [-0.1, -0.05) is 52.8 Å². The molecule has 1 amide bonds. The lowest BCUT2D eigenvalue weighted by molar-refractivity contribution is -0.115. The Hall–Kier alpha value is -2.76. The Bertz CT molecular complexity index is 1000. The Morgan fingerprint density at radius 1 is 1.13 bits per heavy atom. The number of carbonyl (C=O) groups is 2. The molecule has 168 valence electrons. The van der Waals surface area contributed by atoms with Crippen LogP contribution in [0.3, 0.4) is 0 Å². The summed E-state index contributed by atoms with van der Waals surface area (Å²) in [5, 5.41) is 2.85. The number of esters is 1. The molecule has 3 rings (SSSR count). The highest BCUT2D eigenvalue weighted by Crippen LogP contribution is 2.45. The third-order valence-corrected chi connectivity index (χ3v) is 6.50. The first-order valence-corrected chi connectivity index (χ1v) is 11.0. The van der Waals surface area contributed by atoms with E-state index in [2.05, 4.69) is 45.1 Å². The van der Waals surface area contributed by atoms with Crippen LogP contribution in [-0.2, 0) is 33.3 Å². The Balaban J connectivity index is 1.86. The van der Waals surface area contributed by atoms with Gasteiger partial charge in [0.2, 0.25) is 5.91 Å². The van der Waals surface area contributed by atoms with Crippen molar-refractivity contribution in [2.75, 3.05) is 18.2 Å². The molecular formula is C25H35N3O3. The molecule has 6 heteroatoms. The molecule has 1 aromatic heterocycles. The number of aryl methyl sites for hydroxylation is 1.